The van der Waals surface area contributed by atoms with Crippen LogP contribution in [0, 0.1) is 5.92 Å². The van der Waals surface area contributed by atoms with Crippen molar-refractivity contribution in [1.29, 1.82) is 0 Å². The molecule has 0 spiro atoms. The molecule has 1 N–H and O–H groups in total. The molecule has 0 bridgehead atoms. The minimum atomic E-state index is 0.619. The number of hydrogen-bond acceptors (Lipinski definition) is 3. The highest BCUT2D eigenvalue weighted by molar-refractivity contribution is 4.77. The molecule has 1 atom stereocenters. The third-order valence-electron chi connectivity index (χ3n) is 3.83. The van der Waals surface area contributed by atoms with Gasteiger partial charge >= 0.3 is 0 Å². The molecular weight excluding hydrogens is 212 g/mol. The highest BCUT2D eigenvalue weighted by atomic mass is 16.5. The van der Waals surface area contributed by atoms with Crippen LogP contribution in [0.15, 0.2) is 0 Å². The summed E-state index contributed by atoms with van der Waals surface area (Å²) in [5.41, 5.74) is 0. The van der Waals surface area contributed by atoms with E-state index in [1.807, 2.05) is 0 Å². The van der Waals surface area contributed by atoms with E-state index in [2.05, 4.69) is 31.0 Å². The molecule has 1 aliphatic heterocycles. The molecule has 0 aromatic carbocycles. The lowest BCUT2D eigenvalue weighted by Gasteiger charge is -2.36. The van der Waals surface area contributed by atoms with Crippen molar-refractivity contribution in [2.75, 3.05) is 33.4 Å². The van der Waals surface area contributed by atoms with E-state index in [1.165, 1.54) is 32.5 Å². The van der Waals surface area contributed by atoms with E-state index >= 15 is 0 Å². The fourth-order valence-electron chi connectivity index (χ4n) is 2.47. The van der Waals surface area contributed by atoms with Gasteiger partial charge in [0.25, 0.3) is 0 Å². The van der Waals surface area contributed by atoms with Crippen molar-refractivity contribution in [2.45, 2.75) is 52.1 Å². The van der Waals surface area contributed by atoms with Crippen molar-refractivity contribution in [3.05, 3.63) is 0 Å². The van der Waals surface area contributed by atoms with Crippen molar-refractivity contribution >= 4 is 0 Å². The van der Waals surface area contributed by atoms with E-state index < -0.39 is 0 Å². The van der Waals surface area contributed by atoms with Gasteiger partial charge in [0.05, 0.1) is 0 Å². The van der Waals surface area contributed by atoms with Gasteiger partial charge in [-0.1, -0.05) is 13.8 Å². The van der Waals surface area contributed by atoms with Gasteiger partial charge in [0, 0.05) is 25.8 Å². The minimum Gasteiger partial charge on any atom is -0.385 e. The summed E-state index contributed by atoms with van der Waals surface area (Å²) < 4.78 is 5.15. The largest absolute Gasteiger partial charge is 0.385 e. The maximum Gasteiger partial charge on any atom is 0.0477 e. The number of methoxy groups -OCH3 is 1. The summed E-state index contributed by atoms with van der Waals surface area (Å²) in [6.45, 7) is 11.4. The molecular formula is C14H30N2O. The van der Waals surface area contributed by atoms with Crippen LogP contribution >= 0.6 is 0 Å². The number of rotatable bonds is 7. The maximum atomic E-state index is 5.15. The van der Waals surface area contributed by atoms with Gasteiger partial charge in [-0.3, -0.25) is 0 Å². The minimum absolute atomic E-state index is 0.619. The van der Waals surface area contributed by atoms with E-state index in [9.17, 15) is 0 Å². The number of ether oxygens (including phenoxy) is 1. The molecule has 0 aliphatic carbocycles. The molecule has 3 heteroatoms. The molecule has 17 heavy (non-hydrogen) atoms. The normalized spacial score (nSPS) is 21.0. The summed E-state index contributed by atoms with van der Waals surface area (Å²) in [5, 5.41) is 3.56. The first-order valence-corrected chi connectivity index (χ1v) is 7.09. The Kier molecular flexibility index (Phi) is 7.09. The van der Waals surface area contributed by atoms with E-state index in [0.717, 1.165) is 18.9 Å². The van der Waals surface area contributed by atoms with Crippen molar-refractivity contribution in [2.24, 2.45) is 5.92 Å². The summed E-state index contributed by atoms with van der Waals surface area (Å²) in [6.07, 6.45) is 3.85. The molecule has 0 amide bonds. The third-order valence-corrected chi connectivity index (χ3v) is 3.83. The van der Waals surface area contributed by atoms with Crippen LogP contribution in [0.1, 0.15) is 40.0 Å². The van der Waals surface area contributed by atoms with Crippen molar-refractivity contribution < 1.29 is 4.74 Å². The van der Waals surface area contributed by atoms with E-state index in [1.54, 1.807) is 7.11 Å². The molecule has 0 radical (unpaired) electrons. The number of piperidine rings is 1. The molecule has 1 rings (SSSR count). The lowest BCUT2D eigenvalue weighted by molar-refractivity contribution is 0.106. The second-order valence-corrected chi connectivity index (χ2v) is 5.67. The monoisotopic (exact) mass is 242 g/mol. The molecule has 102 valence electrons. The Bertz CT molecular complexity index is 189. The first-order valence-electron chi connectivity index (χ1n) is 7.09. The molecule has 1 fully saturated rings. The first-order chi connectivity index (χ1) is 8.13. The van der Waals surface area contributed by atoms with Crippen LogP contribution in [0.2, 0.25) is 0 Å². The summed E-state index contributed by atoms with van der Waals surface area (Å²) in [5.74, 6) is 0.878. The van der Waals surface area contributed by atoms with Gasteiger partial charge in [-0.2, -0.15) is 0 Å². The summed E-state index contributed by atoms with van der Waals surface area (Å²) in [6, 6.07) is 1.29. The zero-order chi connectivity index (χ0) is 12.7. The number of hydrogen-bond donors (Lipinski definition) is 1. The van der Waals surface area contributed by atoms with Crippen LogP contribution in [-0.2, 0) is 4.74 Å². The fraction of sp³-hybridized carbons (Fsp3) is 1.00. The van der Waals surface area contributed by atoms with E-state index in [-0.39, 0.29) is 0 Å². The van der Waals surface area contributed by atoms with Crippen LogP contribution in [0.4, 0.5) is 0 Å². The Morgan fingerprint density at radius 1 is 1.24 bits per heavy atom. The Morgan fingerprint density at radius 2 is 1.88 bits per heavy atom. The predicted molar refractivity (Wildman–Crippen MR) is 73.4 cm³/mol. The van der Waals surface area contributed by atoms with Gasteiger partial charge in [0.15, 0.2) is 0 Å². The highest BCUT2D eigenvalue weighted by Crippen LogP contribution is 2.19. The molecule has 0 aromatic rings. The van der Waals surface area contributed by atoms with Crippen LogP contribution in [0.3, 0.4) is 0 Å². The molecule has 1 unspecified atom stereocenters. The topological polar surface area (TPSA) is 24.5 Å². The lowest BCUT2D eigenvalue weighted by Crippen LogP contribution is -2.43. The van der Waals surface area contributed by atoms with Crippen molar-refractivity contribution in [3.63, 3.8) is 0 Å². The van der Waals surface area contributed by atoms with Gasteiger partial charge in [-0.05, 0) is 51.7 Å². The second kappa shape index (κ2) is 8.06. The van der Waals surface area contributed by atoms with E-state index in [0.29, 0.717) is 12.1 Å². The highest BCUT2D eigenvalue weighted by Gasteiger charge is 2.22. The van der Waals surface area contributed by atoms with Crippen molar-refractivity contribution in [3.8, 4) is 0 Å². The Hall–Kier alpha value is -0.120. The average Bonchev–Trinajstić information content (AvgIpc) is 2.34. The van der Waals surface area contributed by atoms with Gasteiger partial charge < -0.3 is 15.0 Å². The molecule has 1 saturated heterocycles. The molecule has 0 saturated carbocycles. The summed E-state index contributed by atoms with van der Waals surface area (Å²) >= 11 is 0. The van der Waals surface area contributed by atoms with Gasteiger partial charge in [-0.15, -0.1) is 0 Å². The van der Waals surface area contributed by atoms with Crippen molar-refractivity contribution in [1.82, 2.24) is 10.2 Å². The second-order valence-electron chi connectivity index (χ2n) is 5.67. The molecule has 3 nitrogen and oxygen atoms in total. The molecule has 0 aromatic heterocycles. The fourth-order valence-corrected chi connectivity index (χ4v) is 2.47. The molecule has 1 heterocycles. The Balaban J connectivity index is 2.16. The SMILES string of the molecule is COCCC(C)N1CCC(CNC(C)C)CC1. The van der Waals surface area contributed by atoms with Gasteiger partial charge in [0.1, 0.15) is 0 Å². The average molecular weight is 242 g/mol. The zero-order valence-corrected chi connectivity index (χ0v) is 12.0. The number of nitrogens with one attached hydrogen (secondary N) is 1. The quantitative estimate of drug-likeness (QED) is 0.740. The van der Waals surface area contributed by atoms with Crippen LogP contribution in [-0.4, -0.2) is 50.3 Å². The van der Waals surface area contributed by atoms with Gasteiger partial charge in [0.2, 0.25) is 0 Å². The van der Waals surface area contributed by atoms with E-state index in [4.69, 9.17) is 4.74 Å². The maximum absolute atomic E-state index is 5.15. The standard InChI is InChI=1S/C14H30N2O/c1-12(2)15-11-14-5-8-16(9-6-14)13(3)7-10-17-4/h12-15H,5-11H2,1-4H3. The van der Waals surface area contributed by atoms with Gasteiger partial charge in [-0.25, -0.2) is 0 Å². The van der Waals surface area contributed by atoms with Crippen LogP contribution < -0.4 is 5.32 Å². The summed E-state index contributed by atoms with van der Waals surface area (Å²) in [4.78, 5) is 2.62. The third kappa shape index (κ3) is 5.84. The smallest absolute Gasteiger partial charge is 0.0477 e. The zero-order valence-electron chi connectivity index (χ0n) is 12.0. The summed E-state index contributed by atoms with van der Waals surface area (Å²) in [7, 11) is 1.79. The van der Waals surface area contributed by atoms with Crippen LogP contribution in [0.25, 0.3) is 0 Å². The first kappa shape index (κ1) is 14.9. The Labute approximate surface area is 107 Å². The Morgan fingerprint density at radius 3 is 2.41 bits per heavy atom. The van der Waals surface area contributed by atoms with Crippen LogP contribution in [0.5, 0.6) is 0 Å². The molecule has 1 aliphatic rings. The lowest BCUT2D eigenvalue weighted by atomic mass is 9.95. The number of nitrogens with zero attached hydrogens (tertiary/aromatic N) is 1. The predicted octanol–water partition coefficient (Wildman–Crippen LogP) is 2.12. The number of likely N-dealkylation sites (tertiary alicyclic amines) is 1.